The molecule has 0 aromatic heterocycles. The molecule has 2 aromatic carbocycles. The van der Waals surface area contributed by atoms with Crippen molar-refractivity contribution in [3.05, 3.63) is 53.1 Å². The number of anilines is 2. The number of aryl methyl sites for hydroxylation is 1. The summed E-state index contributed by atoms with van der Waals surface area (Å²) < 4.78 is 27.5. The third kappa shape index (κ3) is 3.52. The van der Waals surface area contributed by atoms with Crippen LogP contribution in [0.3, 0.4) is 0 Å². The molecule has 1 aliphatic rings. The minimum Gasteiger partial charge on any atom is -0.279 e. The molecular weight excluding hydrogens is 364 g/mol. The maximum absolute atomic E-state index is 12.5. The zero-order valence-electron chi connectivity index (χ0n) is 13.3. The van der Waals surface area contributed by atoms with Gasteiger partial charge in [0.25, 0.3) is 10.0 Å². The van der Waals surface area contributed by atoms with Crippen molar-refractivity contribution in [2.45, 2.75) is 24.7 Å². The van der Waals surface area contributed by atoms with Crippen LogP contribution in [0.4, 0.5) is 11.4 Å². The molecule has 0 atom stereocenters. The molecule has 1 fully saturated rings. The van der Waals surface area contributed by atoms with E-state index in [0.29, 0.717) is 16.4 Å². The smallest absolute Gasteiger partial charge is 0.261 e. The predicted octanol–water partition coefficient (Wildman–Crippen LogP) is 3.10. The second kappa shape index (κ2) is 6.50. The van der Waals surface area contributed by atoms with Crippen LogP contribution in [0.5, 0.6) is 0 Å². The molecule has 8 heteroatoms. The van der Waals surface area contributed by atoms with E-state index in [1.807, 2.05) is 0 Å². The van der Waals surface area contributed by atoms with Gasteiger partial charge in [-0.25, -0.2) is 8.42 Å². The van der Waals surface area contributed by atoms with E-state index in [1.165, 1.54) is 30.3 Å². The van der Waals surface area contributed by atoms with Crippen LogP contribution in [0.1, 0.15) is 18.4 Å². The summed E-state index contributed by atoms with van der Waals surface area (Å²) in [5.41, 5.74) is 1.49. The Kier molecular flexibility index (Phi) is 4.53. The number of nitrogens with one attached hydrogen (secondary N) is 1. The first-order valence-electron chi connectivity index (χ1n) is 7.53. The molecule has 2 amide bonds. The number of imide groups is 1. The Morgan fingerprint density at radius 2 is 1.60 bits per heavy atom. The van der Waals surface area contributed by atoms with E-state index in [1.54, 1.807) is 19.1 Å². The Labute approximate surface area is 150 Å². The minimum atomic E-state index is -3.82. The number of nitrogens with zero attached hydrogens (tertiary/aromatic N) is 1. The molecule has 1 saturated heterocycles. The molecule has 2 aromatic rings. The molecule has 6 nitrogen and oxygen atoms in total. The van der Waals surface area contributed by atoms with E-state index in [2.05, 4.69) is 4.72 Å². The van der Waals surface area contributed by atoms with E-state index < -0.39 is 10.0 Å². The molecule has 0 unspecified atom stereocenters. The van der Waals surface area contributed by atoms with Gasteiger partial charge in [-0.1, -0.05) is 17.7 Å². The second-order valence-corrected chi connectivity index (χ2v) is 7.80. The van der Waals surface area contributed by atoms with E-state index in [-0.39, 0.29) is 29.6 Å². The highest BCUT2D eigenvalue weighted by Crippen LogP contribution is 2.26. The van der Waals surface area contributed by atoms with Gasteiger partial charge >= 0.3 is 0 Å². The lowest BCUT2D eigenvalue weighted by molar-refractivity contribution is -0.121. The first-order valence-corrected chi connectivity index (χ1v) is 9.39. The largest absolute Gasteiger partial charge is 0.279 e. The fourth-order valence-electron chi connectivity index (χ4n) is 2.55. The van der Waals surface area contributed by atoms with Gasteiger partial charge in [0.15, 0.2) is 0 Å². The molecule has 0 bridgehead atoms. The van der Waals surface area contributed by atoms with Crippen molar-refractivity contribution in [3.8, 4) is 0 Å². The lowest BCUT2D eigenvalue weighted by Crippen LogP contribution is -2.28. The van der Waals surface area contributed by atoms with Crippen molar-refractivity contribution in [3.63, 3.8) is 0 Å². The molecule has 0 saturated carbocycles. The van der Waals surface area contributed by atoms with Gasteiger partial charge in [-0.15, -0.1) is 0 Å². The molecule has 1 heterocycles. The standard InChI is InChI=1S/C17H15ClN2O4S/c1-11-2-3-12(18)10-15(11)19-25(23,24)14-6-4-13(5-7-14)20-16(21)8-9-17(20)22/h2-7,10,19H,8-9H2,1H3. The highest BCUT2D eigenvalue weighted by molar-refractivity contribution is 7.92. The number of benzene rings is 2. The molecule has 0 aliphatic carbocycles. The third-order valence-corrected chi connectivity index (χ3v) is 5.52. The van der Waals surface area contributed by atoms with Crippen molar-refractivity contribution in [1.29, 1.82) is 0 Å². The zero-order valence-corrected chi connectivity index (χ0v) is 14.9. The van der Waals surface area contributed by atoms with Crippen molar-refractivity contribution in [1.82, 2.24) is 0 Å². The summed E-state index contributed by atoms with van der Waals surface area (Å²) in [6.07, 6.45) is 0.350. The van der Waals surface area contributed by atoms with Crippen molar-refractivity contribution < 1.29 is 18.0 Å². The summed E-state index contributed by atoms with van der Waals surface area (Å²) in [5.74, 6) is -0.568. The third-order valence-electron chi connectivity index (χ3n) is 3.90. The van der Waals surface area contributed by atoms with Gasteiger partial charge in [0.05, 0.1) is 16.3 Å². The van der Waals surface area contributed by atoms with Gasteiger partial charge in [-0.2, -0.15) is 0 Å². The van der Waals surface area contributed by atoms with Gasteiger partial charge in [-0.05, 0) is 48.9 Å². The van der Waals surface area contributed by atoms with Gasteiger partial charge < -0.3 is 0 Å². The topological polar surface area (TPSA) is 83.6 Å². The van der Waals surface area contributed by atoms with E-state index in [4.69, 9.17) is 11.6 Å². The highest BCUT2D eigenvalue weighted by atomic mass is 35.5. The number of carbonyl (C=O) groups excluding carboxylic acids is 2. The normalized spacial score (nSPS) is 14.9. The van der Waals surface area contributed by atoms with Gasteiger partial charge in [0.1, 0.15) is 0 Å². The van der Waals surface area contributed by atoms with E-state index >= 15 is 0 Å². The molecule has 3 rings (SSSR count). The highest BCUT2D eigenvalue weighted by Gasteiger charge is 2.30. The molecule has 0 radical (unpaired) electrons. The minimum absolute atomic E-state index is 0.0229. The summed E-state index contributed by atoms with van der Waals surface area (Å²) >= 11 is 5.91. The number of amides is 2. The van der Waals surface area contributed by atoms with E-state index in [9.17, 15) is 18.0 Å². The predicted molar refractivity (Wildman–Crippen MR) is 95.2 cm³/mol. The number of carbonyl (C=O) groups is 2. The number of rotatable bonds is 4. The van der Waals surface area contributed by atoms with Crippen LogP contribution in [-0.2, 0) is 19.6 Å². The summed E-state index contributed by atoms with van der Waals surface area (Å²) in [6, 6.07) is 10.5. The molecule has 1 N–H and O–H groups in total. The monoisotopic (exact) mass is 378 g/mol. The lowest BCUT2D eigenvalue weighted by atomic mass is 10.2. The Balaban J connectivity index is 1.87. The summed E-state index contributed by atoms with van der Waals surface area (Å²) in [5, 5.41) is 0.421. The number of sulfonamides is 1. The maximum Gasteiger partial charge on any atom is 0.261 e. The average Bonchev–Trinajstić information content (AvgIpc) is 2.90. The van der Waals surface area contributed by atoms with Crippen LogP contribution in [0.25, 0.3) is 0 Å². The number of hydrogen-bond donors (Lipinski definition) is 1. The molecular formula is C17H15ClN2O4S. The summed E-state index contributed by atoms with van der Waals surface area (Å²) in [4.78, 5) is 24.6. The number of halogens is 1. The first kappa shape index (κ1) is 17.4. The van der Waals surface area contributed by atoms with Crippen LogP contribution in [0.15, 0.2) is 47.4 Å². The Bertz CT molecular complexity index is 939. The van der Waals surface area contributed by atoms with Gasteiger partial charge in [0, 0.05) is 17.9 Å². The fraction of sp³-hybridized carbons (Fsp3) is 0.176. The van der Waals surface area contributed by atoms with Gasteiger partial charge in [0.2, 0.25) is 11.8 Å². The molecule has 1 aliphatic heterocycles. The fourth-order valence-corrected chi connectivity index (χ4v) is 3.84. The average molecular weight is 379 g/mol. The molecule has 130 valence electrons. The van der Waals surface area contributed by atoms with Crippen LogP contribution in [-0.4, -0.2) is 20.2 Å². The van der Waals surface area contributed by atoms with Crippen LogP contribution in [0, 0.1) is 6.92 Å². The zero-order chi connectivity index (χ0) is 18.2. The Hall–Kier alpha value is -2.38. The Morgan fingerprint density at radius 1 is 1.00 bits per heavy atom. The van der Waals surface area contributed by atoms with Crippen LogP contribution >= 0.6 is 11.6 Å². The number of hydrogen-bond acceptors (Lipinski definition) is 4. The first-order chi connectivity index (χ1) is 11.8. The van der Waals surface area contributed by atoms with Crippen LogP contribution < -0.4 is 9.62 Å². The molecule has 0 spiro atoms. The Morgan fingerprint density at radius 3 is 2.20 bits per heavy atom. The lowest BCUT2D eigenvalue weighted by Gasteiger charge is -2.15. The molecule has 25 heavy (non-hydrogen) atoms. The second-order valence-electron chi connectivity index (χ2n) is 5.68. The summed E-state index contributed by atoms with van der Waals surface area (Å²) in [6.45, 7) is 1.77. The maximum atomic E-state index is 12.5. The van der Waals surface area contributed by atoms with Crippen molar-refractivity contribution >= 4 is 44.8 Å². The van der Waals surface area contributed by atoms with Gasteiger partial charge in [-0.3, -0.25) is 19.2 Å². The quantitative estimate of drug-likeness (QED) is 0.828. The van der Waals surface area contributed by atoms with Crippen molar-refractivity contribution in [2.24, 2.45) is 0 Å². The SMILES string of the molecule is Cc1ccc(Cl)cc1NS(=O)(=O)c1ccc(N2C(=O)CCC2=O)cc1. The van der Waals surface area contributed by atoms with Crippen LogP contribution in [0.2, 0.25) is 5.02 Å². The summed E-state index contributed by atoms with van der Waals surface area (Å²) in [7, 11) is -3.82. The van der Waals surface area contributed by atoms with E-state index in [0.717, 1.165) is 10.5 Å². The van der Waals surface area contributed by atoms with Crippen molar-refractivity contribution in [2.75, 3.05) is 9.62 Å².